The second-order valence-electron chi connectivity index (χ2n) is 6.17. The van der Waals surface area contributed by atoms with Gasteiger partial charge in [0.2, 0.25) is 0 Å². The first-order chi connectivity index (χ1) is 12.3. The van der Waals surface area contributed by atoms with E-state index in [9.17, 15) is 9.60 Å². The van der Waals surface area contributed by atoms with E-state index in [2.05, 4.69) is 19.9 Å². The lowest BCUT2D eigenvalue weighted by Crippen LogP contribution is -2.46. The van der Waals surface area contributed by atoms with Crippen LogP contribution >= 0.6 is 0 Å². The normalized spacial score (nSPS) is 16.2. The highest BCUT2D eigenvalue weighted by Gasteiger charge is 2.17. The molecule has 25 heavy (non-hydrogen) atoms. The molecule has 6 heteroatoms. The summed E-state index contributed by atoms with van der Waals surface area (Å²) in [7, 11) is 0. The lowest BCUT2D eigenvalue weighted by molar-refractivity contribution is 0.255. The topological polar surface area (TPSA) is 52.0 Å². The third-order valence-corrected chi connectivity index (χ3v) is 4.53. The van der Waals surface area contributed by atoms with Gasteiger partial charge in [-0.25, -0.2) is 9.37 Å². The molecular weight excluding hydrogens is 319 g/mol. The molecule has 2 aromatic rings. The number of benzene rings is 1. The average molecular weight is 342 g/mol. The summed E-state index contributed by atoms with van der Waals surface area (Å²) in [5, 5.41) is 12.6. The molecule has 1 fully saturated rings. The molecule has 1 aromatic carbocycles. The Labute approximate surface area is 147 Å². The maximum Gasteiger partial charge on any atom is 0.128 e. The van der Waals surface area contributed by atoms with Crippen LogP contribution in [0.15, 0.2) is 53.8 Å². The van der Waals surface area contributed by atoms with E-state index in [0.29, 0.717) is 12.1 Å². The Morgan fingerprint density at radius 2 is 1.84 bits per heavy atom. The van der Waals surface area contributed by atoms with E-state index in [0.717, 1.165) is 50.5 Å². The van der Waals surface area contributed by atoms with Gasteiger partial charge < -0.3 is 10.1 Å². The van der Waals surface area contributed by atoms with E-state index in [1.807, 2.05) is 24.4 Å². The third kappa shape index (κ3) is 4.76. The van der Waals surface area contributed by atoms with Crippen LogP contribution < -0.4 is 4.90 Å². The van der Waals surface area contributed by atoms with Crippen LogP contribution in [-0.4, -0.2) is 53.5 Å². The van der Waals surface area contributed by atoms with Gasteiger partial charge in [-0.15, -0.1) is 0 Å². The summed E-state index contributed by atoms with van der Waals surface area (Å²) < 4.78 is 13.0. The van der Waals surface area contributed by atoms with Gasteiger partial charge in [0.15, 0.2) is 0 Å². The minimum absolute atomic E-state index is 0.285. The maximum absolute atomic E-state index is 13.0. The van der Waals surface area contributed by atoms with Crippen molar-refractivity contribution in [3.63, 3.8) is 0 Å². The van der Waals surface area contributed by atoms with Gasteiger partial charge in [-0.05, 0) is 49.2 Å². The molecule has 0 aliphatic carbocycles. The lowest BCUT2D eigenvalue weighted by Gasteiger charge is -2.35. The number of anilines is 1. The van der Waals surface area contributed by atoms with E-state index in [4.69, 9.17) is 0 Å². The molecule has 132 valence electrons. The molecule has 0 radical (unpaired) electrons. The standard InChI is InChI=1S/C19H23FN4O/c20-17-8-6-16(7-9-17)18(22-25)4-3-11-23-12-14-24(15-13-23)19-5-1-2-10-21-19/h1-2,5-10,25H,3-4,11-15H2/b22-18-. The van der Waals surface area contributed by atoms with Gasteiger partial charge in [0.05, 0.1) is 5.71 Å². The number of aromatic nitrogens is 1. The second-order valence-corrected chi connectivity index (χ2v) is 6.17. The lowest BCUT2D eigenvalue weighted by atomic mass is 10.1. The Hall–Kier alpha value is -2.47. The predicted octanol–water partition coefficient (Wildman–Crippen LogP) is 3.00. The van der Waals surface area contributed by atoms with E-state index in [1.165, 1.54) is 12.1 Å². The smallest absolute Gasteiger partial charge is 0.128 e. The summed E-state index contributed by atoms with van der Waals surface area (Å²) in [5.41, 5.74) is 1.37. The fraction of sp³-hybridized carbons (Fsp3) is 0.368. The van der Waals surface area contributed by atoms with Gasteiger partial charge in [0.25, 0.3) is 0 Å². The van der Waals surface area contributed by atoms with Gasteiger partial charge in [-0.1, -0.05) is 23.4 Å². The summed E-state index contributed by atoms with van der Waals surface area (Å²) in [6, 6.07) is 12.1. The molecular formula is C19H23FN4O. The number of pyridine rings is 1. The van der Waals surface area contributed by atoms with Crippen LogP contribution in [0.1, 0.15) is 18.4 Å². The first-order valence-corrected chi connectivity index (χ1v) is 8.61. The molecule has 5 nitrogen and oxygen atoms in total. The van der Waals surface area contributed by atoms with Crippen LogP contribution in [0.25, 0.3) is 0 Å². The summed E-state index contributed by atoms with van der Waals surface area (Å²) >= 11 is 0. The maximum atomic E-state index is 13.0. The van der Waals surface area contributed by atoms with Crippen LogP contribution in [0.5, 0.6) is 0 Å². The highest BCUT2D eigenvalue weighted by atomic mass is 19.1. The number of hydrogen-bond donors (Lipinski definition) is 1. The van der Waals surface area contributed by atoms with Crippen LogP contribution in [0, 0.1) is 5.82 Å². The molecule has 1 aliphatic heterocycles. The SMILES string of the molecule is O/N=C(/CCCN1CCN(c2ccccn2)CC1)c1ccc(F)cc1. The summed E-state index contributed by atoms with van der Waals surface area (Å²) in [4.78, 5) is 9.12. The van der Waals surface area contributed by atoms with Crippen LogP contribution in [0.2, 0.25) is 0 Å². The van der Waals surface area contributed by atoms with Crippen molar-refractivity contribution in [1.29, 1.82) is 0 Å². The Bertz CT molecular complexity index is 682. The molecule has 1 aliphatic rings. The van der Waals surface area contributed by atoms with Crippen LogP contribution in [0.3, 0.4) is 0 Å². The first-order valence-electron chi connectivity index (χ1n) is 8.61. The van der Waals surface area contributed by atoms with Gasteiger partial charge >= 0.3 is 0 Å². The van der Waals surface area contributed by atoms with Gasteiger partial charge in [-0.2, -0.15) is 0 Å². The van der Waals surface area contributed by atoms with E-state index in [1.54, 1.807) is 12.1 Å². The minimum Gasteiger partial charge on any atom is -0.411 e. The number of hydrogen-bond acceptors (Lipinski definition) is 5. The zero-order valence-electron chi connectivity index (χ0n) is 14.2. The zero-order chi connectivity index (χ0) is 17.5. The molecule has 0 spiro atoms. The Morgan fingerprint density at radius 3 is 2.48 bits per heavy atom. The third-order valence-electron chi connectivity index (χ3n) is 4.53. The van der Waals surface area contributed by atoms with Crippen molar-refractivity contribution in [1.82, 2.24) is 9.88 Å². The average Bonchev–Trinajstić information content (AvgIpc) is 2.67. The first kappa shape index (κ1) is 17.4. The van der Waals surface area contributed by atoms with Crippen LogP contribution in [0.4, 0.5) is 10.2 Å². The molecule has 0 unspecified atom stereocenters. The van der Waals surface area contributed by atoms with Crippen molar-refractivity contribution in [3.05, 3.63) is 60.0 Å². The molecule has 0 saturated carbocycles. The Morgan fingerprint density at radius 1 is 1.08 bits per heavy atom. The highest BCUT2D eigenvalue weighted by molar-refractivity contribution is 6.00. The number of halogens is 1. The second kappa shape index (κ2) is 8.58. The number of oxime groups is 1. The van der Waals surface area contributed by atoms with Crippen molar-refractivity contribution < 1.29 is 9.60 Å². The van der Waals surface area contributed by atoms with E-state index >= 15 is 0 Å². The van der Waals surface area contributed by atoms with Crippen molar-refractivity contribution in [3.8, 4) is 0 Å². The van der Waals surface area contributed by atoms with E-state index < -0.39 is 0 Å². The minimum atomic E-state index is -0.285. The van der Waals surface area contributed by atoms with Crippen molar-refractivity contribution in [2.24, 2.45) is 5.16 Å². The number of nitrogens with zero attached hydrogens (tertiary/aromatic N) is 4. The Balaban J connectivity index is 1.43. The van der Waals surface area contributed by atoms with Gasteiger partial charge in [-0.3, -0.25) is 4.90 Å². The molecule has 0 atom stereocenters. The van der Waals surface area contributed by atoms with Gasteiger partial charge in [0, 0.05) is 32.4 Å². The number of piperazine rings is 1. The molecule has 1 N–H and O–H groups in total. The van der Waals surface area contributed by atoms with Crippen molar-refractivity contribution >= 4 is 11.5 Å². The van der Waals surface area contributed by atoms with Crippen molar-refractivity contribution in [2.45, 2.75) is 12.8 Å². The van der Waals surface area contributed by atoms with E-state index in [-0.39, 0.29) is 5.82 Å². The summed E-state index contributed by atoms with van der Waals surface area (Å²) in [5.74, 6) is 0.750. The largest absolute Gasteiger partial charge is 0.411 e. The molecule has 1 aromatic heterocycles. The Kier molecular flexibility index (Phi) is 5.95. The summed E-state index contributed by atoms with van der Waals surface area (Å²) in [6.07, 6.45) is 3.40. The fourth-order valence-electron chi connectivity index (χ4n) is 3.11. The predicted molar refractivity (Wildman–Crippen MR) is 96.8 cm³/mol. The molecule has 0 amide bonds. The highest BCUT2D eigenvalue weighted by Crippen LogP contribution is 2.14. The molecule has 0 bridgehead atoms. The quantitative estimate of drug-likeness (QED) is 0.498. The van der Waals surface area contributed by atoms with Gasteiger partial charge in [0.1, 0.15) is 11.6 Å². The van der Waals surface area contributed by atoms with Crippen molar-refractivity contribution in [2.75, 3.05) is 37.6 Å². The molecule has 3 rings (SSSR count). The monoisotopic (exact) mass is 342 g/mol. The summed E-state index contributed by atoms with van der Waals surface area (Å²) in [6.45, 7) is 4.89. The fourth-order valence-corrected chi connectivity index (χ4v) is 3.11. The molecule has 1 saturated heterocycles. The zero-order valence-corrected chi connectivity index (χ0v) is 14.2. The number of rotatable bonds is 6. The van der Waals surface area contributed by atoms with Crippen LogP contribution in [-0.2, 0) is 0 Å². The molecule has 2 heterocycles.